The normalized spacial score (nSPS) is 10.5. The van der Waals surface area contributed by atoms with E-state index in [0.29, 0.717) is 28.8 Å². The number of carbonyl (C=O) groups excluding carboxylic acids is 1. The molecule has 0 spiro atoms. The molecule has 0 aliphatic heterocycles. The van der Waals surface area contributed by atoms with Gasteiger partial charge in [0.1, 0.15) is 12.0 Å². The van der Waals surface area contributed by atoms with E-state index in [-0.39, 0.29) is 6.03 Å². The summed E-state index contributed by atoms with van der Waals surface area (Å²) in [6.45, 7) is 0. The molecule has 1 heterocycles. The lowest BCUT2D eigenvalue weighted by Crippen LogP contribution is -2.19. The first-order valence-electron chi connectivity index (χ1n) is 9.67. The third kappa shape index (κ3) is 4.92. The van der Waals surface area contributed by atoms with E-state index in [0.717, 1.165) is 21.3 Å². The molecule has 162 valence electrons. The lowest BCUT2D eigenvalue weighted by molar-refractivity contribution is 0.262. The van der Waals surface area contributed by atoms with Crippen molar-refractivity contribution in [1.82, 2.24) is 4.98 Å². The molecule has 3 aromatic carbocycles. The van der Waals surface area contributed by atoms with E-state index >= 15 is 0 Å². The van der Waals surface area contributed by atoms with Crippen molar-refractivity contribution in [1.29, 1.82) is 0 Å². The molecule has 7 nitrogen and oxygen atoms in total. The highest BCUT2D eigenvalue weighted by Crippen LogP contribution is 2.30. The molecule has 2 N–H and O–H groups in total. The van der Waals surface area contributed by atoms with Gasteiger partial charge in [0.2, 0.25) is 5.89 Å². The fourth-order valence-electron chi connectivity index (χ4n) is 3.09. The van der Waals surface area contributed by atoms with Crippen molar-refractivity contribution in [3.8, 4) is 34.2 Å². The molecule has 4 aromatic rings. The predicted octanol–water partition coefficient (Wildman–Crippen LogP) is 6.43. The van der Waals surface area contributed by atoms with Gasteiger partial charge in [0, 0.05) is 33.0 Å². The average Bonchev–Trinajstić information content (AvgIpc) is 3.30. The predicted molar refractivity (Wildman–Crippen MR) is 127 cm³/mol. The molecule has 2 amide bonds. The topological polar surface area (TPSA) is 85.6 Å². The Kier molecular flexibility index (Phi) is 6.42. The minimum atomic E-state index is -0.377. The van der Waals surface area contributed by atoms with Crippen molar-refractivity contribution in [2.24, 2.45) is 0 Å². The number of halogens is 1. The summed E-state index contributed by atoms with van der Waals surface area (Å²) in [4.78, 5) is 16.9. The van der Waals surface area contributed by atoms with Crippen LogP contribution in [-0.4, -0.2) is 25.2 Å². The summed E-state index contributed by atoms with van der Waals surface area (Å²) in [5.41, 5.74) is 3.72. The van der Waals surface area contributed by atoms with Crippen molar-refractivity contribution in [3.05, 3.63) is 77.5 Å². The first kappa shape index (κ1) is 21.5. The summed E-state index contributed by atoms with van der Waals surface area (Å²) in [5.74, 6) is 1.62. The van der Waals surface area contributed by atoms with Crippen LogP contribution in [0.4, 0.5) is 16.2 Å². The van der Waals surface area contributed by atoms with Gasteiger partial charge in [0.05, 0.1) is 14.2 Å². The number of amides is 2. The maximum Gasteiger partial charge on any atom is 0.323 e. The van der Waals surface area contributed by atoms with Crippen molar-refractivity contribution < 1.29 is 18.7 Å². The SMILES string of the molecule is COc1ccc(NC(=O)Nc2ccc(-c3nc(-c4cccc(Br)c4)co3)cc2)cc1OC. The van der Waals surface area contributed by atoms with E-state index in [2.05, 4.69) is 31.5 Å². The van der Waals surface area contributed by atoms with E-state index in [1.807, 2.05) is 36.4 Å². The zero-order valence-electron chi connectivity index (χ0n) is 17.4. The van der Waals surface area contributed by atoms with E-state index in [1.54, 1.807) is 50.8 Å². The largest absolute Gasteiger partial charge is 0.493 e. The van der Waals surface area contributed by atoms with Gasteiger partial charge < -0.3 is 24.5 Å². The summed E-state index contributed by atoms with van der Waals surface area (Å²) in [7, 11) is 3.10. The van der Waals surface area contributed by atoms with Crippen molar-refractivity contribution in [2.75, 3.05) is 24.9 Å². The number of aromatic nitrogens is 1. The number of nitrogens with one attached hydrogen (secondary N) is 2. The number of rotatable bonds is 6. The Hall–Kier alpha value is -3.78. The highest BCUT2D eigenvalue weighted by atomic mass is 79.9. The first-order valence-corrected chi connectivity index (χ1v) is 10.5. The molecule has 0 radical (unpaired) electrons. The third-order valence-electron chi connectivity index (χ3n) is 4.66. The Balaban J connectivity index is 1.41. The zero-order valence-corrected chi connectivity index (χ0v) is 19.0. The number of methoxy groups -OCH3 is 2. The van der Waals surface area contributed by atoms with Gasteiger partial charge in [-0.15, -0.1) is 0 Å². The number of ether oxygens (including phenoxy) is 2. The smallest absolute Gasteiger partial charge is 0.323 e. The van der Waals surface area contributed by atoms with Gasteiger partial charge in [0.25, 0.3) is 0 Å². The molecule has 0 saturated heterocycles. The van der Waals surface area contributed by atoms with Gasteiger partial charge in [-0.2, -0.15) is 0 Å². The van der Waals surface area contributed by atoms with E-state index in [4.69, 9.17) is 13.9 Å². The fourth-order valence-corrected chi connectivity index (χ4v) is 3.49. The molecule has 1 aromatic heterocycles. The standard InChI is InChI=1S/C24H20BrN3O4/c1-30-21-11-10-19(13-22(21)31-2)27-24(29)26-18-8-6-15(7-9-18)23-28-20(14-32-23)16-4-3-5-17(25)12-16/h3-14H,1-2H3,(H2,26,27,29). The van der Waals surface area contributed by atoms with Crippen LogP contribution in [-0.2, 0) is 0 Å². The van der Waals surface area contributed by atoms with Gasteiger partial charge in [-0.3, -0.25) is 0 Å². The number of nitrogens with zero attached hydrogens (tertiary/aromatic N) is 1. The molecular formula is C24H20BrN3O4. The lowest BCUT2D eigenvalue weighted by atomic mass is 10.2. The monoisotopic (exact) mass is 493 g/mol. The molecule has 0 unspecified atom stereocenters. The summed E-state index contributed by atoms with van der Waals surface area (Å²) in [5, 5.41) is 5.56. The maximum absolute atomic E-state index is 12.3. The van der Waals surface area contributed by atoms with Crippen LogP contribution in [0.5, 0.6) is 11.5 Å². The maximum atomic E-state index is 12.3. The molecule has 8 heteroatoms. The number of anilines is 2. The zero-order chi connectivity index (χ0) is 22.5. The Labute approximate surface area is 193 Å². The van der Waals surface area contributed by atoms with Crippen LogP contribution in [0.15, 0.2) is 81.9 Å². The first-order chi connectivity index (χ1) is 15.6. The summed E-state index contributed by atoms with van der Waals surface area (Å²) >= 11 is 3.46. The third-order valence-corrected chi connectivity index (χ3v) is 5.15. The van der Waals surface area contributed by atoms with Crippen molar-refractivity contribution in [3.63, 3.8) is 0 Å². The molecule has 0 bridgehead atoms. The van der Waals surface area contributed by atoms with Crippen LogP contribution in [0.3, 0.4) is 0 Å². The highest BCUT2D eigenvalue weighted by Gasteiger charge is 2.11. The number of benzene rings is 3. The van der Waals surface area contributed by atoms with Crippen LogP contribution in [0, 0.1) is 0 Å². The average molecular weight is 494 g/mol. The van der Waals surface area contributed by atoms with Gasteiger partial charge >= 0.3 is 6.03 Å². The summed E-state index contributed by atoms with van der Waals surface area (Å²) in [6.07, 6.45) is 1.62. The van der Waals surface area contributed by atoms with Crippen molar-refractivity contribution >= 4 is 33.3 Å². The number of hydrogen-bond donors (Lipinski definition) is 2. The van der Waals surface area contributed by atoms with Crippen LogP contribution >= 0.6 is 15.9 Å². The molecular weight excluding hydrogens is 474 g/mol. The van der Waals surface area contributed by atoms with Gasteiger partial charge in [-0.25, -0.2) is 9.78 Å². The second-order valence-electron chi connectivity index (χ2n) is 6.77. The minimum Gasteiger partial charge on any atom is -0.493 e. The quantitative estimate of drug-likeness (QED) is 0.323. The molecule has 0 atom stereocenters. The van der Waals surface area contributed by atoms with Gasteiger partial charge in [-0.1, -0.05) is 28.1 Å². The van der Waals surface area contributed by atoms with Gasteiger partial charge in [-0.05, 0) is 48.5 Å². The van der Waals surface area contributed by atoms with Crippen LogP contribution < -0.4 is 20.1 Å². The van der Waals surface area contributed by atoms with Crippen LogP contribution in [0.2, 0.25) is 0 Å². The lowest BCUT2D eigenvalue weighted by Gasteiger charge is -2.11. The van der Waals surface area contributed by atoms with E-state index in [1.165, 1.54) is 0 Å². The molecule has 0 fully saturated rings. The second kappa shape index (κ2) is 9.57. The molecule has 0 aliphatic carbocycles. The fraction of sp³-hybridized carbons (Fsp3) is 0.0833. The molecule has 0 saturated carbocycles. The van der Waals surface area contributed by atoms with E-state index in [9.17, 15) is 4.79 Å². The molecule has 4 rings (SSSR count). The van der Waals surface area contributed by atoms with Crippen LogP contribution in [0.25, 0.3) is 22.7 Å². The Morgan fingerprint density at radius 1 is 0.875 bits per heavy atom. The summed E-state index contributed by atoms with van der Waals surface area (Å²) in [6, 6.07) is 19.9. The number of hydrogen-bond acceptors (Lipinski definition) is 5. The summed E-state index contributed by atoms with van der Waals surface area (Å²) < 4.78 is 17.1. The number of urea groups is 1. The van der Waals surface area contributed by atoms with Crippen LogP contribution in [0.1, 0.15) is 0 Å². The van der Waals surface area contributed by atoms with Gasteiger partial charge in [0.15, 0.2) is 11.5 Å². The highest BCUT2D eigenvalue weighted by molar-refractivity contribution is 9.10. The molecule has 32 heavy (non-hydrogen) atoms. The van der Waals surface area contributed by atoms with E-state index < -0.39 is 0 Å². The number of oxazole rings is 1. The second-order valence-corrected chi connectivity index (χ2v) is 7.69. The Bertz CT molecular complexity index is 1240. The molecule has 0 aliphatic rings. The minimum absolute atomic E-state index is 0.377. The Morgan fingerprint density at radius 2 is 1.59 bits per heavy atom. The van der Waals surface area contributed by atoms with Crippen molar-refractivity contribution in [2.45, 2.75) is 0 Å². The Morgan fingerprint density at radius 3 is 2.31 bits per heavy atom. The number of carbonyl (C=O) groups is 1.